The Morgan fingerprint density at radius 1 is 1.05 bits per heavy atom. The molecule has 0 aromatic heterocycles. The van der Waals surface area contributed by atoms with E-state index < -0.39 is 23.4 Å². The zero-order chi connectivity index (χ0) is 14.3. The van der Waals surface area contributed by atoms with Crippen molar-refractivity contribution in [2.75, 3.05) is 0 Å². The zero-order valence-electron chi connectivity index (χ0n) is 10.4. The van der Waals surface area contributed by atoms with Crippen LogP contribution in [0.3, 0.4) is 0 Å². The first kappa shape index (κ1) is 12.3. The second-order valence-corrected chi connectivity index (χ2v) is 4.60. The third-order valence-corrected chi connectivity index (χ3v) is 3.31. The van der Waals surface area contributed by atoms with E-state index in [-0.39, 0.29) is 17.8 Å². The Kier molecular flexibility index (Phi) is 2.75. The van der Waals surface area contributed by atoms with Crippen LogP contribution in [-0.2, 0) is 9.53 Å². The molecule has 1 aromatic rings. The van der Waals surface area contributed by atoms with Gasteiger partial charge in [0.15, 0.2) is 5.76 Å². The smallest absolute Gasteiger partial charge is 0.205 e. The maximum Gasteiger partial charge on any atom is 0.205 e. The number of rotatable bonds is 1. The van der Waals surface area contributed by atoms with Gasteiger partial charge in [0.1, 0.15) is 17.6 Å². The van der Waals surface area contributed by atoms with Gasteiger partial charge in [0, 0.05) is 11.6 Å². The minimum atomic E-state index is -0.793. The highest BCUT2D eigenvalue weighted by Gasteiger charge is 2.38. The summed E-state index contributed by atoms with van der Waals surface area (Å²) in [4.78, 5) is 11.5. The van der Waals surface area contributed by atoms with Crippen molar-refractivity contribution in [3.63, 3.8) is 0 Å². The van der Waals surface area contributed by atoms with Gasteiger partial charge in [-0.25, -0.2) is 0 Å². The number of ether oxygens (including phenoxy) is 1. The molecule has 0 amide bonds. The average molecular weight is 272 g/mol. The van der Waals surface area contributed by atoms with Gasteiger partial charge in [-0.2, -0.15) is 0 Å². The van der Waals surface area contributed by atoms with E-state index in [9.17, 15) is 20.1 Å². The highest BCUT2D eigenvalue weighted by atomic mass is 16.5. The number of hydrogen-bond donors (Lipinski definition) is 3. The van der Waals surface area contributed by atoms with Gasteiger partial charge in [-0.15, -0.1) is 0 Å². The van der Waals surface area contributed by atoms with E-state index >= 15 is 0 Å². The lowest BCUT2D eigenvalue weighted by Crippen LogP contribution is -2.31. The van der Waals surface area contributed by atoms with Crippen LogP contribution in [0.1, 0.15) is 12.0 Å². The minimum absolute atomic E-state index is 0.0433. The van der Waals surface area contributed by atoms with Crippen LogP contribution in [0.15, 0.2) is 59.3 Å². The summed E-state index contributed by atoms with van der Waals surface area (Å²) in [6.45, 7) is 0. The second kappa shape index (κ2) is 4.45. The van der Waals surface area contributed by atoms with Crippen LogP contribution in [0, 0.1) is 0 Å². The van der Waals surface area contributed by atoms with Crippen LogP contribution in [0.2, 0.25) is 0 Å². The van der Waals surface area contributed by atoms with Crippen LogP contribution in [0.25, 0.3) is 5.76 Å². The molecule has 1 aliphatic carbocycles. The molecule has 5 heteroatoms. The summed E-state index contributed by atoms with van der Waals surface area (Å²) < 4.78 is 5.65. The number of aliphatic hydroxyl groups is 3. The van der Waals surface area contributed by atoms with Crippen molar-refractivity contribution in [3.8, 4) is 0 Å². The maximum absolute atomic E-state index is 11.5. The molecule has 0 fully saturated rings. The molecule has 2 aliphatic rings. The summed E-state index contributed by atoms with van der Waals surface area (Å²) in [5.74, 6) is -1.76. The number of fused-ring (bicyclic) bond motifs is 1. The number of Topliss-reactive ketones (excluding diaryl/α,β-unsaturated/α-hetero) is 1. The largest absolute Gasteiger partial charge is 0.507 e. The normalized spacial score (nSPS) is 22.3. The van der Waals surface area contributed by atoms with Gasteiger partial charge in [0.05, 0.1) is 12.0 Å². The van der Waals surface area contributed by atoms with Gasteiger partial charge in [-0.3, -0.25) is 4.79 Å². The molecule has 20 heavy (non-hydrogen) atoms. The Hall–Kier alpha value is -2.69. The molecule has 1 atom stereocenters. The fourth-order valence-corrected chi connectivity index (χ4v) is 2.31. The predicted molar refractivity (Wildman–Crippen MR) is 70.9 cm³/mol. The maximum atomic E-state index is 11.5. The summed E-state index contributed by atoms with van der Waals surface area (Å²) in [5, 5.41) is 29.2. The van der Waals surface area contributed by atoms with Crippen molar-refractivity contribution in [2.45, 2.75) is 12.5 Å². The first-order chi connectivity index (χ1) is 9.58. The molecule has 5 nitrogen and oxygen atoms in total. The lowest BCUT2D eigenvalue weighted by molar-refractivity contribution is -0.120. The number of ketones is 1. The quantitative estimate of drug-likeness (QED) is 0.731. The first-order valence-corrected chi connectivity index (χ1v) is 6.10. The second-order valence-electron chi connectivity index (χ2n) is 4.60. The van der Waals surface area contributed by atoms with Gasteiger partial charge in [0.25, 0.3) is 0 Å². The Balaban J connectivity index is 2.08. The summed E-state index contributed by atoms with van der Waals surface area (Å²) in [5.41, 5.74) is 0.797. The molecule has 0 saturated heterocycles. The number of carbonyl (C=O) groups is 1. The van der Waals surface area contributed by atoms with E-state index in [1.54, 1.807) is 0 Å². The van der Waals surface area contributed by atoms with Gasteiger partial charge in [-0.1, -0.05) is 30.3 Å². The molecule has 3 rings (SSSR count). The molecule has 1 unspecified atom stereocenters. The van der Waals surface area contributed by atoms with Crippen LogP contribution in [0.5, 0.6) is 0 Å². The molecular formula is C15H12O5. The first-order valence-electron chi connectivity index (χ1n) is 6.10. The molecule has 3 N–H and O–H groups in total. The highest BCUT2D eigenvalue weighted by Crippen LogP contribution is 2.36. The summed E-state index contributed by atoms with van der Waals surface area (Å²) in [6.07, 6.45) is 0.443. The van der Waals surface area contributed by atoms with E-state index in [2.05, 4.69) is 0 Å². The van der Waals surface area contributed by atoms with E-state index in [0.717, 1.165) is 5.56 Å². The fraction of sp³-hybridized carbons (Fsp3) is 0.133. The number of carbonyl (C=O) groups excluding carboxylic acids is 1. The Bertz CT molecular complexity index is 667. The van der Waals surface area contributed by atoms with Gasteiger partial charge < -0.3 is 20.1 Å². The van der Waals surface area contributed by atoms with E-state index in [1.165, 1.54) is 6.08 Å². The third kappa shape index (κ3) is 1.84. The fourth-order valence-electron chi connectivity index (χ4n) is 2.31. The predicted octanol–water partition coefficient (Wildman–Crippen LogP) is 2.54. The number of hydrogen-bond acceptors (Lipinski definition) is 5. The topological polar surface area (TPSA) is 87.0 Å². The van der Waals surface area contributed by atoms with Gasteiger partial charge >= 0.3 is 0 Å². The Morgan fingerprint density at radius 3 is 2.45 bits per heavy atom. The SMILES string of the molecule is O=C1CC2OC(c3ccccc3)=CC(O)=C2C(O)=C1O. The zero-order valence-corrected chi connectivity index (χ0v) is 10.4. The van der Waals surface area contributed by atoms with Crippen molar-refractivity contribution in [3.05, 3.63) is 64.8 Å². The Morgan fingerprint density at radius 2 is 1.75 bits per heavy atom. The number of aliphatic hydroxyl groups excluding tert-OH is 3. The lowest BCUT2D eigenvalue weighted by Gasteiger charge is -2.29. The van der Waals surface area contributed by atoms with Crippen molar-refractivity contribution in [1.29, 1.82) is 0 Å². The van der Waals surface area contributed by atoms with Gasteiger partial charge in [-0.05, 0) is 0 Å². The van der Waals surface area contributed by atoms with Crippen molar-refractivity contribution >= 4 is 11.5 Å². The number of allylic oxidation sites excluding steroid dienone is 2. The van der Waals surface area contributed by atoms with Crippen LogP contribution in [-0.4, -0.2) is 27.2 Å². The van der Waals surface area contributed by atoms with Crippen LogP contribution >= 0.6 is 0 Å². The van der Waals surface area contributed by atoms with Crippen molar-refractivity contribution < 1.29 is 24.9 Å². The lowest BCUT2D eigenvalue weighted by atomic mass is 9.91. The van der Waals surface area contributed by atoms with Gasteiger partial charge in [0.2, 0.25) is 11.5 Å². The molecular weight excluding hydrogens is 260 g/mol. The van der Waals surface area contributed by atoms with Crippen molar-refractivity contribution in [1.82, 2.24) is 0 Å². The molecule has 0 spiro atoms. The molecule has 1 aromatic carbocycles. The standard InChI is InChI=1S/C15H12O5/c16-9-6-11(8-4-2-1-3-5-8)20-12-7-10(17)14(18)15(19)13(9)12/h1-6,12,16,18-19H,7H2. The summed E-state index contributed by atoms with van der Waals surface area (Å²) in [6, 6.07) is 9.12. The van der Waals surface area contributed by atoms with E-state index in [1.807, 2.05) is 30.3 Å². The highest BCUT2D eigenvalue weighted by molar-refractivity contribution is 5.96. The molecule has 1 aliphatic heterocycles. The van der Waals surface area contributed by atoms with E-state index in [4.69, 9.17) is 4.74 Å². The van der Waals surface area contributed by atoms with Crippen LogP contribution < -0.4 is 0 Å². The van der Waals surface area contributed by atoms with E-state index in [0.29, 0.717) is 5.76 Å². The third-order valence-electron chi connectivity index (χ3n) is 3.31. The average Bonchev–Trinajstić information content (AvgIpc) is 2.45. The Labute approximate surface area is 114 Å². The summed E-state index contributed by atoms with van der Waals surface area (Å²) in [7, 11) is 0. The van der Waals surface area contributed by atoms with Crippen LogP contribution in [0.4, 0.5) is 0 Å². The molecule has 1 heterocycles. The van der Waals surface area contributed by atoms with Crippen molar-refractivity contribution in [2.24, 2.45) is 0 Å². The molecule has 0 radical (unpaired) electrons. The molecule has 0 saturated carbocycles. The molecule has 0 bridgehead atoms. The molecule has 102 valence electrons. The number of benzene rings is 1. The monoisotopic (exact) mass is 272 g/mol. The minimum Gasteiger partial charge on any atom is -0.507 e. The summed E-state index contributed by atoms with van der Waals surface area (Å²) >= 11 is 0.